The molecule has 1 aromatic rings. The summed E-state index contributed by atoms with van der Waals surface area (Å²) in [6, 6.07) is 3.21. The second-order valence-electron chi connectivity index (χ2n) is 4.38. The van der Waals surface area contributed by atoms with Gasteiger partial charge in [-0.2, -0.15) is 0 Å². The van der Waals surface area contributed by atoms with Gasteiger partial charge in [-0.1, -0.05) is 0 Å². The number of aliphatic hydroxyl groups excluding tert-OH is 2. The molecule has 7 heteroatoms. The number of carbonyl (C=O) groups excluding carboxylic acids is 1. The van der Waals surface area contributed by atoms with E-state index < -0.39 is 23.4 Å². The van der Waals surface area contributed by atoms with Crippen molar-refractivity contribution in [2.24, 2.45) is 0 Å². The van der Waals surface area contributed by atoms with E-state index in [4.69, 9.17) is 0 Å². The number of aliphatic hydroxyl groups is 4. The Morgan fingerprint density at radius 1 is 1.10 bits per heavy atom. The molecule has 0 heterocycles. The second kappa shape index (κ2) is 4.64. The van der Waals surface area contributed by atoms with Gasteiger partial charge in [0.25, 0.3) is 0 Å². The number of aromatic hydroxyl groups is 2. The number of phenols is 2. The summed E-state index contributed by atoms with van der Waals surface area (Å²) in [5.74, 6) is -5.09. The molecule has 0 saturated heterocycles. The Bertz CT molecular complexity index is 607. The normalized spacial score (nSPS) is 23.8. The van der Waals surface area contributed by atoms with Gasteiger partial charge < -0.3 is 30.6 Å². The Labute approximate surface area is 113 Å². The van der Waals surface area contributed by atoms with E-state index in [-0.39, 0.29) is 22.6 Å². The van der Waals surface area contributed by atoms with Crippen molar-refractivity contribution in [2.75, 3.05) is 0 Å². The highest BCUT2D eigenvalue weighted by Gasteiger charge is 2.41. The molecule has 1 unspecified atom stereocenters. The molecule has 20 heavy (non-hydrogen) atoms. The summed E-state index contributed by atoms with van der Waals surface area (Å²) in [5, 5.41) is 56.6. The first kappa shape index (κ1) is 14.1. The Balaban J connectivity index is 2.55. The summed E-state index contributed by atoms with van der Waals surface area (Å²) in [6.45, 7) is 0. The lowest BCUT2D eigenvalue weighted by atomic mass is 9.90. The molecule has 0 saturated carbocycles. The van der Waals surface area contributed by atoms with E-state index >= 15 is 0 Å². The maximum atomic E-state index is 11.8. The highest BCUT2D eigenvalue weighted by molar-refractivity contribution is 6.08. The predicted molar refractivity (Wildman–Crippen MR) is 66.6 cm³/mol. The molecule has 0 aromatic heterocycles. The molecule has 0 bridgehead atoms. The summed E-state index contributed by atoms with van der Waals surface area (Å²) in [7, 11) is 0. The van der Waals surface area contributed by atoms with Crippen molar-refractivity contribution in [3.63, 3.8) is 0 Å². The van der Waals surface area contributed by atoms with Gasteiger partial charge in [-0.25, -0.2) is 0 Å². The van der Waals surface area contributed by atoms with Crippen LogP contribution in [0.3, 0.4) is 0 Å². The largest absolute Gasteiger partial charge is 0.508 e. The number of phenolic OH excluding ortho intramolecular Hbond substituents is 2. The lowest BCUT2D eigenvalue weighted by Gasteiger charge is -2.27. The van der Waals surface area contributed by atoms with Crippen LogP contribution in [0.1, 0.15) is 5.56 Å². The molecule has 0 aliphatic heterocycles. The zero-order chi connectivity index (χ0) is 15.1. The fourth-order valence-corrected chi connectivity index (χ4v) is 1.80. The predicted octanol–water partition coefficient (Wildman–Crippen LogP) is -0.452. The van der Waals surface area contributed by atoms with Crippen molar-refractivity contribution in [3.8, 4) is 11.5 Å². The van der Waals surface area contributed by atoms with Crippen molar-refractivity contribution in [3.05, 3.63) is 41.5 Å². The van der Waals surface area contributed by atoms with Crippen LogP contribution in [0.2, 0.25) is 0 Å². The molecule has 106 valence electrons. The van der Waals surface area contributed by atoms with Gasteiger partial charge in [0, 0.05) is 11.6 Å². The number of allylic oxidation sites excluding steroid dienone is 1. The van der Waals surface area contributed by atoms with Gasteiger partial charge in [0.2, 0.25) is 11.6 Å². The van der Waals surface area contributed by atoms with Crippen molar-refractivity contribution >= 4 is 11.5 Å². The quantitative estimate of drug-likeness (QED) is 0.232. The van der Waals surface area contributed by atoms with Crippen LogP contribution in [0.5, 0.6) is 11.5 Å². The minimum absolute atomic E-state index is 0.0638. The van der Waals surface area contributed by atoms with Crippen LogP contribution in [-0.2, 0) is 4.79 Å². The van der Waals surface area contributed by atoms with Crippen LogP contribution in [0.4, 0.5) is 0 Å². The molecular weight excluding hydrogens is 268 g/mol. The first-order valence-corrected chi connectivity index (χ1v) is 5.55. The van der Waals surface area contributed by atoms with Crippen LogP contribution in [0.25, 0.3) is 5.76 Å². The van der Waals surface area contributed by atoms with E-state index in [0.29, 0.717) is 0 Å². The molecule has 0 fully saturated rings. The maximum Gasteiger partial charge on any atom is 0.217 e. The monoisotopic (exact) mass is 280 g/mol. The average Bonchev–Trinajstić information content (AvgIpc) is 2.34. The number of hydrogen-bond donors (Lipinski definition) is 6. The Morgan fingerprint density at radius 2 is 1.65 bits per heavy atom. The molecule has 0 amide bonds. The number of Topliss-reactive ketones (excluding diaryl/α,β-unsaturated/α-hetero) is 1. The topological polar surface area (TPSA) is 138 Å². The molecule has 6 N–H and O–H groups in total. The summed E-state index contributed by atoms with van der Waals surface area (Å²) in [5.41, 5.74) is -0.438. The SMILES string of the molecule is O=C1/C(=C(\O)c2cc(O)cc(O)c2)C=CC(O)(O)C1O. The number of carbonyl (C=O) groups is 1. The third-order valence-corrected chi connectivity index (χ3v) is 2.84. The molecule has 1 aliphatic carbocycles. The van der Waals surface area contributed by atoms with E-state index in [0.717, 1.165) is 30.4 Å². The molecule has 0 spiro atoms. The van der Waals surface area contributed by atoms with Crippen molar-refractivity contribution < 1.29 is 35.4 Å². The minimum Gasteiger partial charge on any atom is -0.508 e. The third-order valence-electron chi connectivity index (χ3n) is 2.84. The summed E-state index contributed by atoms with van der Waals surface area (Å²) in [4.78, 5) is 11.8. The van der Waals surface area contributed by atoms with Crippen LogP contribution < -0.4 is 0 Å². The number of rotatable bonds is 1. The van der Waals surface area contributed by atoms with Crippen LogP contribution in [0.15, 0.2) is 35.9 Å². The highest BCUT2D eigenvalue weighted by atomic mass is 16.5. The summed E-state index contributed by atoms with van der Waals surface area (Å²) in [6.07, 6.45) is -0.464. The van der Waals surface area contributed by atoms with Gasteiger partial charge >= 0.3 is 0 Å². The molecule has 7 nitrogen and oxygen atoms in total. The third kappa shape index (κ3) is 2.37. The fourth-order valence-electron chi connectivity index (χ4n) is 1.80. The van der Waals surface area contributed by atoms with Crippen molar-refractivity contribution in [2.45, 2.75) is 11.9 Å². The van der Waals surface area contributed by atoms with Gasteiger partial charge in [0.1, 0.15) is 17.3 Å². The smallest absolute Gasteiger partial charge is 0.217 e. The molecule has 1 atom stereocenters. The van der Waals surface area contributed by atoms with Gasteiger partial charge in [-0.3, -0.25) is 4.79 Å². The molecule has 2 rings (SSSR count). The first-order valence-electron chi connectivity index (χ1n) is 5.55. The fraction of sp³-hybridized carbons (Fsp3) is 0.154. The number of hydrogen-bond acceptors (Lipinski definition) is 7. The van der Waals surface area contributed by atoms with Crippen molar-refractivity contribution in [1.29, 1.82) is 0 Å². The van der Waals surface area contributed by atoms with Crippen molar-refractivity contribution in [1.82, 2.24) is 0 Å². The molecular formula is C13H12O7. The Kier molecular flexibility index (Phi) is 3.26. The van der Waals surface area contributed by atoms with E-state index in [1.807, 2.05) is 0 Å². The zero-order valence-electron chi connectivity index (χ0n) is 10.1. The summed E-state index contributed by atoms with van der Waals surface area (Å²) < 4.78 is 0. The van der Waals surface area contributed by atoms with E-state index in [1.54, 1.807) is 0 Å². The highest BCUT2D eigenvalue weighted by Crippen LogP contribution is 2.30. The minimum atomic E-state index is -2.71. The van der Waals surface area contributed by atoms with Crippen LogP contribution in [0, 0.1) is 0 Å². The van der Waals surface area contributed by atoms with Gasteiger partial charge in [0.05, 0.1) is 5.57 Å². The lowest BCUT2D eigenvalue weighted by molar-refractivity contribution is -0.191. The number of benzene rings is 1. The standard InChI is InChI=1S/C13H12O7/c14-7-3-6(4-8(15)5-7)10(16)9-1-2-13(19,20)12(18)11(9)17/h1-5,12,14-16,18-20H/b10-9-. The van der Waals surface area contributed by atoms with Crippen LogP contribution in [-0.4, -0.2) is 48.3 Å². The molecule has 1 aromatic carbocycles. The average molecular weight is 280 g/mol. The number of ketones is 1. The van der Waals surface area contributed by atoms with E-state index in [2.05, 4.69) is 0 Å². The summed E-state index contributed by atoms with van der Waals surface area (Å²) >= 11 is 0. The van der Waals surface area contributed by atoms with Crippen LogP contribution >= 0.6 is 0 Å². The first-order chi connectivity index (χ1) is 9.22. The zero-order valence-corrected chi connectivity index (χ0v) is 10.1. The Hall–Kier alpha value is -2.35. The molecule has 1 aliphatic rings. The second-order valence-corrected chi connectivity index (χ2v) is 4.38. The van der Waals surface area contributed by atoms with Gasteiger partial charge in [0.15, 0.2) is 6.10 Å². The maximum absolute atomic E-state index is 11.8. The van der Waals surface area contributed by atoms with E-state index in [1.165, 1.54) is 0 Å². The van der Waals surface area contributed by atoms with Gasteiger partial charge in [-0.05, 0) is 24.3 Å². The van der Waals surface area contributed by atoms with E-state index in [9.17, 15) is 35.4 Å². The Morgan fingerprint density at radius 3 is 2.20 bits per heavy atom. The van der Waals surface area contributed by atoms with Gasteiger partial charge in [-0.15, -0.1) is 0 Å². The molecule has 0 radical (unpaired) electrons. The lowest BCUT2D eigenvalue weighted by Crippen LogP contribution is -2.48.